The minimum Gasteiger partial charge on any atom is -0.394 e. The molecule has 4 N–H and O–H groups in total. The minimum atomic E-state index is -0.345. The zero-order valence-corrected chi connectivity index (χ0v) is 13.4. The van der Waals surface area contributed by atoms with Gasteiger partial charge in [0, 0.05) is 6.42 Å². The van der Waals surface area contributed by atoms with Crippen LogP contribution in [-0.2, 0) is 4.79 Å². The van der Waals surface area contributed by atoms with Gasteiger partial charge in [-0.3, -0.25) is 4.79 Å². The summed E-state index contributed by atoms with van der Waals surface area (Å²) in [5.41, 5.74) is 5.51. The number of nitrogens with two attached hydrogens (primary N) is 1. The van der Waals surface area contributed by atoms with Gasteiger partial charge in [-0.2, -0.15) is 0 Å². The van der Waals surface area contributed by atoms with Crippen molar-refractivity contribution in [1.29, 1.82) is 0 Å². The topological polar surface area (TPSA) is 75.4 Å². The standard InChI is InChI=1S/C16H32N2O2/c1-15(2,3)13(8-11-17)6-7-14(20)18-16(12-19)9-4-5-10-16/h13,19H,4-12,17H2,1-3H3,(H,18,20). The summed E-state index contributed by atoms with van der Waals surface area (Å²) in [6.45, 7) is 7.35. The molecule has 4 heteroatoms. The summed E-state index contributed by atoms with van der Waals surface area (Å²) in [7, 11) is 0. The van der Waals surface area contributed by atoms with Crippen LogP contribution >= 0.6 is 0 Å². The monoisotopic (exact) mass is 284 g/mol. The average molecular weight is 284 g/mol. The quantitative estimate of drug-likeness (QED) is 0.671. The molecule has 0 aromatic rings. The first-order valence-electron chi connectivity index (χ1n) is 7.95. The van der Waals surface area contributed by atoms with Gasteiger partial charge in [0.05, 0.1) is 12.1 Å². The van der Waals surface area contributed by atoms with Crippen LogP contribution in [0.5, 0.6) is 0 Å². The molecule has 0 saturated heterocycles. The van der Waals surface area contributed by atoms with Crippen molar-refractivity contribution >= 4 is 5.91 Å². The molecule has 0 spiro atoms. The molecule has 1 saturated carbocycles. The van der Waals surface area contributed by atoms with E-state index in [4.69, 9.17) is 5.73 Å². The number of hydrogen-bond donors (Lipinski definition) is 3. The molecule has 118 valence electrons. The fourth-order valence-corrected chi connectivity index (χ4v) is 3.25. The zero-order chi connectivity index (χ0) is 15.2. The number of amides is 1. The Morgan fingerprint density at radius 3 is 2.35 bits per heavy atom. The van der Waals surface area contributed by atoms with E-state index in [1.54, 1.807) is 0 Å². The van der Waals surface area contributed by atoms with Crippen molar-refractivity contribution in [3.05, 3.63) is 0 Å². The molecule has 1 aliphatic carbocycles. The Hall–Kier alpha value is -0.610. The summed E-state index contributed by atoms with van der Waals surface area (Å²) < 4.78 is 0. The van der Waals surface area contributed by atoms with Gasteiger partial charge in [0.25, 0.3) is 0 Å². The lowest BCUT2D eigenvalue weighted by molar-refractivity contribution is -0.124. The molecule has 1 rings (SSSR count). The maximum atomic E-state index is 12.1. The summed E-state index contributed by atoms with van der Waals surface area (Å²) >= 11 is 0. The highest BCUT2D eigenvalue weighted by Crippen LogP contribution is 2.33. The molecule has 0 heterocycles. The fraction of sp³-hybridized carbons (Fsp3) is 0.938. The summed E-state index contributed by atoms with van der Waals surface area (Å²) in [5, 5.41) is 12.6. The molecule has 1 fully saturated rings. The lowest BCUT2D eigenvalue weighted by Gasteiger charge is -2.32. The fourth-order valence-electron chi connectivity index (χ4n) is 3.25. The lowest BCUT2D eigenvalue weighted by Crippen LogP contribution is -2.49. The SMILES string of the molecule is CC(C)(C)C(CCN)CCC(=O)NC1(CO)CCCC1. The predicted octanol–water partition coefficient (Wildman–Crippen LogP) is 2.20. The second kappa shape index (κ2) is 7.41. The van der Waals surface area contributed by atoms with Crippen molar-refractivity contribution < 1.29 is 9.90 Å². The molecular formula is C16H32N2O2. The van der Waals surface area contributed by atoms with E-state index in [-0.39, 0.29) is 23.5 Å². The largest absolute Gasteiger partial charge is 0.394 e. The van der Waals surface area contributed by atoms with Gasteiger partial charge in [-0.05, 0) is 43.6 Å². The molecule has 20 heavy (non-hydrogen) atoms. The smallest absolute Gasteiger partial charge is 0.220 e. The minimum absolute atomic E-state index is 0.0598. The normalized spacial score (nSPS) is 19.9. The van der Waals surface area contributed by atoms with Gasteiger partial charge in [0.15, 0.2) is 0 Å². The van der Waals surface area contributed by atoms with Gasteiger partial charge in [0.1, 0.15) is 0 Å². The summed E-state index contributed by atoms with van der Waals surface area (Å²) in [5.74, 6) is 0.541. The number of carbonyl (C=O) groups excluding carboxylic acids is 1. The van der Waals surface area contributed by atoms with E-state index in [1.807, 2.05) is 0 Å². The third-order valence-corrected chi connectivity index (χ3v) is 4.73. The van der Waals surface area contributed by atoms with Gasteiger partial charge < -0.3 is 16.2 Å². The van der Waals surface area contributed by atoms with Crippen molar-refractivity contribution in [1.82, 2.24) is 5.32 Å². The van der Waals surface area contributed by atoms with Crippen molar-refractivity contribution in [2.45, 2.75) is 71.3 Å². The van der Waals surface area contributed by atoms with Crippen LogP contribution < -0.4 is 11.1 Å². The van der Waals surface area contributed by atoms with E-state index in [0.717, 1.165) is 38.5 Å². The number of rotatable bonds is 7. The molecule has 0 aromatic heterocycles. The maximum Gasteiger partial charge on any atom is 0.220 e. The molecule has 1 atom stereocenters. The Bertz CT molecular complexity index is 304. The third-order valence-electron chi connectivity index (χ3n) is 4.73. The van der Waals surface area contributed by atoms with Crippen LogP contribution in [-0.4, -0.2) is 29.7 Å². The number of hydrogen-bond acceptors (Lipinski definition) is 3. The van der Waals surface area contributed by atoms with Crippen LogP contribution in [0.3, 0.4) is 0 Å². The van der Waals surface area contributed by atoms with Crippen molar-refractivity contribution in [2.24, 2.45) is 17.1 Å². The molecule has 1 unspecified atom stereocenters. The molecule has 0 radical (unpaired) electrons. The van der Waals surface area contributed by atoms with Crippen LogP contribution in [0.2, 0.25) is 0 Å². The van der Waals surface area contributed by atoms with Crippen molar-refractivity contribution in [3.63, 3.8) is 0 Å². The van der Waals surface area contributed by atoms with Crippen LogP contribution in [0, 0.1) is 11.3 Å². The zero-order valence-electron chi connectivity index (χ0n) is 13.4. The molecule has 0 aliphatic heterocycles. The Morgan fingerprint density at radius 1 is 1.30 bits per heavy atom. The van der Waals surface area contributed by atoms with E-state index in [2.05, 4.69) is 26.1 Å². The highest BCUT2D eigenvalue weighted by molar-refractivity contribution is 5.76. The van der Waals surface area contributed by atoms with Crippen LogP contribution in [0.4, 0.5) is 0 Å². The van der Waals surface area contributed by atoms with E-state index in [9.17, 15) is 9.90 Å². The highest BCUT2D eigenvalue weighted by Gasteiger charge is 2.34. The van der Waals surface area contributed by atoms with E-state index >= 15 is 0 Å². The van der Waals surface area contributed by atoms with E-state index < -0.39 is 0 Å². The molecular weight excluding hydrogens is 252 g/mol. The molecule has 0 aromatic carbocycles. The Labute approximate surface area is 123 Å². The second-order valence-electron chi connectivity index (χ2n) is 7.37. The Balaban J connectivity index is 2.45. The first-order chi connectivity index (χ1) is 9.33. The summed E-state index contributed by atoms with van der Waals surface area (Å²) in [4.78, 5) is 12.1. The number of nitrogens with one attached hydrogen (secondary N) is 1. The van der Waals surface area contributed by atoms with Gasteiger partial charge >= 0.3 is 0 Å². The van der Waals surface area contributed by atoms with Crippen LogP contribution in [0.1, 0.15) is 65.7 Å². The van der Waals surface area contributed by atoms with Crippen molar-refractivity contribution in [2.75, 3.05) is 13.2 Å². The summed E-state index contributed by atoms with van der Waals surface area (Å²) in [6, 6.07) is 0. The maximum absolute atomic E-state index is 12.1. The number of aliphatic hydroxyl groups is 1. The Kier molecular flexibility index (Phi) is 6.46. The third kappa shape index (κ3) is 5.06. The average Bonchev–Trinajstić information content (AvgIpc) is 2.82. The first kappa shape index (κ1) is 17.4. The molecule has 1 amide bonds. The van der Waals surface area contributed by atoms with Gasteiger partial charge in [-0.15, -0.1) is 0 Å². The second-order valence-corrected chi connectivity index (χ2v) is 7.37. The van der Waals surface area contributed by atoms with E-state index in [1.165, 1.54) is 0 Å². The summed E-state index contributed by atoms with van der Waals surface area (Å²) in [6.07, 6.45) is 6.36. The van der Waals surface area contributed by atoms with Gasteiger partial charge in [-0.1, -0.05) is 33.6 Å². The lowest BCUT2D eigenvalue weighted by atomic mass is 9.76. The molecule has 1 aliphatic rings. The predicted molar refractivity (Wildman–Crippen MR) is 82.3 cm³/mol. The van der Waals surface area contributed by atoms with Crippen molar-refractivity contribution in [3.8, 4) is 0 Å². The first-order valence-corrected chi connectivity index (χ1v) is 7.95. The Morgan fingerprint density at radius 2 is 1.90 bits per heavy atom. The van der Waals surface area contributed by atoms with Gasteiger partial charge in [0.2, 0.25) is 5.91 Å². The molecule has 4 nitrogen and oxygen atoms in total. The molecule has 0 bridgehead atoms. The number of carbonyl (C=O) groups is 1. The number of aliphatic hydroxyl groups excluding tert-OH is 1. The van der Waals surface area contributed by atoms with Crippen LogP contribution in [0.25, 0.3) is 0 Å². The van der Waals surface area contributed by atoms with Crippen LogP contribution in [0.15, 0.2) is 0 Å². The van der Waals surface area contributed by atoms with E-state index in [0.29, 0.717) is 18.9 Å². The van der Waals surface area contributed by atoms with Gasteiger partial charge in [-0.25, -0.2) is 0 Å². The highest BCUT2D eigenvalue weighted by atomic mass is 16.3.